The molecule has 1 aliphatic heterocycles. The van der Waals surface area contributed by atoms with Crippen molar-refractivity contribution in [3.05, 3.63) is 70.4 Å². The highest BCUT2D eigenvalue weighted by Crippen LogP contribution is 2.34. The molecule has 1 N–H and O–H groups in total. The van der Waals surface area contributed by atoms with Gasteiger partial charge in [-0.05, 0) is 55.2 Å². The lowest BCUT2D eigenvalue weighted by Gasteiger charge is -2.12. The molecule has 6 nitrogen and oxygen atoms in total. The molecule has 2 heterocycles. The summed E-state index contributed by atoms with van der Waals surface area (Å²) in [6, 6.07) is 11.7. The number of nitrogens with one attached hydrogen (secondary N) is 1. The molecule has 0 radical (unpaired) electrons. The van der Waals surface area contributed by atoms with E-state index in [0.717, 1.165) is 18.2 Å². The van der Waals surface area contributed by atoms with Gasteiger partial charge >= 0.3 is 0 Å². The van der Waals surface area contributed by atoms with E-state index in [-0.39, 0.29) is 17.7 Å². The van der Waals surface area contributed by atoms with E-state index in [9.17, 15) is 14.4 Å². The van der Waals surface area contributed by atoms with Crippen LogP contribution in [0.1, 0.15) is 43.9 Å². The van der Waals surface area contributed by atoms with Crippen molar-refractivity contribution in [3.63, 3.8) is 0 Å². The zero-order valence-electron chi connectivity index (χ0n) is 15.3. The maximum atomic E-state index is 12.9. The van der Waals surface area contributed by atoms with Crippen LogP contribution < -0.4 is 5.32 Å². The van der Waals surface area contributed by atoms with Gasteiger partial charge in [-0.25, -0.2) is 0 Å². The van der Waals surface area contributed by atoms with Gasteiger partial charge in [0.05, 0.1) is 22.2 Å². The molecule has 0 saturated heterocycles. The quantitative estimate of drug-likeness (QED) is 0.661. The summed E-state index contributed by atoms with van der Waals surface area (Å²) in [5, 5.41) is 3.98. The van der Waals surface area contributed by atoms with Gasteiger partial charge in [0.2, 0.25) is 0 Å². The predicted octanol–water partition coefficient (Wildman–Crippen LogP) is 4.15. The minimum atomic E-state index is -0.386. The number of pyridine rings is 1. The number of benzene rings is 2. The summed E-state index contributed by atoms with van der Waals surface area (Å²) in [5.41, 5.74) is 2.02. The number of aromatic nitrogens is 1. The lowest BCUT2D eigenvalue weighted by Crippen LogP contribution is -2.31. The molecular formula is C22H16ClN3O3. The summed E-state index contributed by atoms with van der Waals surface area (Å²) in [7, 11) is 0. The van der Waals surface area contributed by atoms with Gasteiger partial charge in [0.25, 0.3) is 17.7 Å². The van der Waals surface area contributed by atoms with Crippen LogP contribution in [0.2, 0.25) is 5.02 Å². The number of amides is 3. The first-order chi connectivity index (χ1) is 14.0. The monoisotopic (exact) mass is 405 g/mol. The van der Waals surface area contributed by atoms with E-state index in [1.807, 2.05) is 6.07 Å². The average Bonchev–Trinajstić information content (AvgIpc) is 3.51. The number of fused-ring (bicyclic) bond motifs is 2. The summed E-state index contributed by atoms with van der Waals surface area (Å²) >= 11 is 6.15. The number of carbonyl (C=O) groups is 3. The van der Waals surface area contributed by atoms with Crippen LogP contribution in [-0.4, -0.2) is 34.2 Å². The molecule has 1 fully saturated rings. The van der Waals surface area contributed by atoms with E-state index in [4.69, 9.17) is 11.6 Å². The Kier molecular flexibility index (Phi) is 4.10. The number of hydrogen-bond donors (Lipinski definition) is 1. The molecule has 2 aromatic carbocycles. The number of anilines is 1. The van der Waals surface area contributed by atoms with Crippen molar-refractivity contribution in [3.8, 4) is 0 Å². The Hall–Kier alpha value is -3.25. The first-order valence-electron chi connectivity index (χ1n) is 9.37. The second kappa shape index (κ2) is 6.67. The van der Waals surface area contributed by atoms with E-state index in [2.05, 4.69) is 10.3 Å². The van der Waals surface area contributed by atoms with Gasteiger partial charge in [0, 0.05) is 28.8 Å². The second-order valence-electron chi connectivity index (χ2n) is 7.41. The molecule has 7 heteroatoms. The second-order valence-corrected chi connectivity index (χ2v) is 7.84. The lowest BCUT2D eigenvalue weighted by atomic mass is 10.1. The molecule has 3 amide bonds. The van der Waals surface area contributed by atoms with Gasteiger partial charge in [-0.15, -0.1) is 0 Å². The lowest BCUT2D eigenvalue weighted by molar-refractivity contribution is 0.0646. The summed E-state index contributed by atoms with van der Waals surface area (Å²) in [6.45, 7) is 0.466. The van der Waals surface area contributed by atoms with Crippen LogP contribution >= 0.6 is 11.6 Å². The van der Waals surface area contributed by atoms with Gasteiger partial charge in [-0.3, -0.25) is 24.3 Å². The predicted molar refractivity (Wildman–Crippen MR) is 109 cm³/mol. The van der Waals surface area contributed by atoms with Crippen LogP contribution in [0.4, 0.5) is 5.69 Å². The largest absolute Gasteiger partial charge is 0.322 e. The van der Waals surface area contributed by atoms with E-state index < -0.39 is 0 Å². The average molecular weight is 406 g/mol. The van der Waals surface area contributed by atoms with E-state index in [1.165, 1.54) is 4.90 Å². The van der Waals surface area contributed by atoms with Gasteiger partial charge < -0.3 is 5.32 Å². The Labute approximate surface area is 171 Å². The Balaban J connectivity index is 1.44. The first-order valence-corrected chi connectivity index (χ1v) is 9.75. The molecule has 1 saturated carbocycles. The minimum absolute atomic E-state index is 0.264. The van der Waals surface area contributed by atoms with E-state index in [0.29, 0.717) is 45.4 Å². The highest BCUT2D eigenvalue weighted by molar-refractivity contribution is 6.32. The molecule has 0 unspecified atom stereocenters. The number of halogens is 1. The third-order valence-corrected chi connectivity index (χ3v) is 5.50. The van der Waals surface area contributed by atoms with Gasteiger partial charge in [-0.1, -0.05) is 17.7 Å². The van der Waals surface area contributed by atoms with Crippen molar-refractivity contribution >= 4 is 45.9 Å². The summed E-state index contributed by atoms with van der Waals surface area (Å²) in [6.07, 6.45) is 3.72. The molecule has 0 bridgehead atoms. The zero-order chi connectivity index (χ0) is 20.1. The molecule has 0 atom stereocenters. The molecule has 5 rings (SSSR count). The van der Waals surface area contributed by atoms with Crippen LogP contribution in [0.3, 0.4) is 0 Å². The van der Waals surface area contributed by atoms with Gasteiger partial charge in [0.15, 0.2) is 0 Å². The Morgan fingerprint density at radius 1 is 1.10 bits per heavy atom. The van der Waals surface area contributed by atoms with Crippen LogP contribution in [0.5, 0.6) is 0 Å². The number of hydrogen-bond acceptors (Lipinski definition) is 4. The van der Waals surface area contributed by atoms with Crippen LogP contribution in [-0.2, 0) is 0 Å². The SMILES string of the molecule is O=C(Nc1ccc2c(c1)C(=O)N(CC1CC1)C2=O)c1cc(Cl)cc2cccnc12. The summed E-state index contributed by atoms with van der Waals surface area (Å²) < 4.78 is 0. The Bertz CT molecular complexity index is 1200. The van der Waals surface area contributed by atoms with Crippen LogP contribution in [0.25, 0.3) is 10.9 Å². The highest BCUT2D eigenvalue weighted by atomic mass is 35.5. The van der Waals surface area contributed by atoms with Gasteiger partial charge in [0.1, 0.15) is 0 Å². The minimum Gasteiger partial charge on any atom is -0.322 e. The number of imide groups is 1. The highest BCUT2D eigenvalue weighted by Gasteiger charge is 2.38. The molecule has 3 aromatic rings. The third kappa shape index (κ3) is 3.15. The van der Waals surface area contributed by atoms with Crippen molar-refractivity contribution in [2.75, 3.05) is 11.9 Å². The molecule has 2 aliphatic rings. The standard InChI is InChI=1S/C22H16ClN3O3/c23-14-8-13-2-1-7-24-19(13)18(9-14)20(27)25-15-5-6-16-17(10-15)22(29)26(21(16)28)11-12-3-4-12/h1-2,5-10,12H,3-4,11H2,(H,25,27). The fourth-order valence-electron chi connectivity index (χ4n) is 3.62. The molecule has 1 aliphatic carbocycles. The number of nitrogens with zero attached hydrogens (tertiary/aromatic N) is 2. The molecular weight excluding hydrogens is 390 g/mol. The normalized spacial score (nSPS) is 15.7. The van der Waals surface area contributed by atoms with Crippen molar-refractivity contribution in [2.45, 2.75) is 12.8 Å². The van der Waals surface area contributed by atoms with Crippen molar-refractivity contribution in [1.29, 1.82) is 0 Å². The van der Waals surface area contributed by atoms with Crippen molar-refractivity contribution in [1.82, 2.24) is 9.88 Å². The van der Waals surface area contributed by atoms with E-state index in [1.54, 1.807) is 42.6 Å². The van der Waals surface area contributed by atoms with E-state index >= 15 is 0 Å². The molecule has 29 heavy (non-hydrogen) atoms. The summed E-state index contributed by atoms with van der Waals surface area (Å²) in [5.74, 6) is -0.537. The fourth-order valence-corrected chi connectivity index (χ4v) is 3.85. The Morgan fingerprint density at radius 2 is 1.90 bits per heavy atom. The number of carbonyl (C=O) groups excluding carboxylic acids is 3. The first kappa shape index (κ1) is 17.8. The maximum Gasteiger partial charge on any atom is 0.261 e. The molecule has 1 aromatic heterocycles. The van der Waals surface area contributed by atoms with Crippen molar-refractivity contribution < 1.29 is 14.4 Å². The van der Waals surface area contributed by atoms with Crippen LogP contribution in [0, 0.1) is 5.92 Å². The zero-order valence-corrected chi connectivity index (χ0v) is 16.1. The van der Waals surface area contributed by atoms with Crippen LogP contribution in [0.15, 0.2) is 48.7 Å². The maximum absolute atomic E-state index is 12.9. The summed E-state index contributed by atoms with van der Waals surface area (Å²) in [4.78, 5) is 43.6. The molecule has 0 spiro atoms. The Morgan fingerprint density at radius 3 is 2.69 bits per heavy atom. The van der Waals surface area contributed by atoms with Gasteiger partial charge in [-0.2, -0.15) is 0 Å². The van der Waals surface area contributed by atoms with Crippen molar-refractivity contribution in [2.24, 2.45) is 5.92 Å². The topological polar surface area (TPSA) is 79.4 Å². The third-order valence-electron chi connectivity index (χ3n) is 5.28. The smallest absolute Gasteiger partial charge is 0.261 e. The number of rotatable bonds is 4. The molecule has 144 valence electrons. The fraction of sp³-hybridized carbons (Fsp3) is 0.182.